The minimum absolute atomic E-state index is 0.450. The van der Waals surface area contributed by atoms with E-state index in [1.165, 1.54) is 0 Å². The first-order valence-electron chi connectivity index (χ1n) is 5.71. The highest BCUT2D eigenvalue weighted by molar-refractivity contribution is 7.53. The van der Waals surface area contributed by atoms with Gasteiger partial charge in [-0.2, -0.15) is 0 Å². The van der Waals surface area contributed by atoms with E-state index in [0.29, 0.717) is 25.3 Å². The van der Waals surface area contributed by atoms with Gasteiger partial charge in [-0.15, -0.1) is 0 Å². The normalized spacial score (nSPS) is 19.3. The minimum Gasteiger partial charge on any atom is -0.309 e. The van der Waals surface area contributed by atoms with Crippen molar-refractivity contribution in [1.82, 2.24) is 5.32 Å². The van der Waals surface area contributed by atoms with Gasteiger partial charge in [0.25, 0.3) is 0 Å². The van der Waals surface area contributed by atoms with Crippen molar-refractivity contribution >= 4 is 7.60 Å². The van der Waals surface area contributed by atoms with Gasteiger partial charge in [-0.3, -0.25) is 4.57 Å². The lowest BCUT2D eigenvalue weighted by Gasteiger charge is -2.25. The van der Waals surface area contributed by atoms with Crippen molar-refractivity contribution in [2.24, 2.45) is 5.92 Å². The molecule has 0 spiro atoms. The van der Waals surface area contributed by atoms with Crippen LogP contribution < -0.4 is 5.32 Å². The number of piperidine rings is 1. The van der Waals surface area contributed by atoms with Crippen LogP contribution in [0.2, 0.25) is 0 Å². The molecule has 1 radical (unpaired) electrons. The van der Waals surface area contributed by atoms with Gasteiger partial charge in [0.05, 0.1) is 19.4 Å². The van der Waals surface area contributed by atoms with Gasteiger partial charge in [0.15, 0.2) is 0 Å². The predicted molar refractivity (Wildman–Crippen MR) is 60.3 cm³/mol. The summed E-state index contributed by atoms with van der Waals surface area (Å²) < 4.78 is 22.8. The van der Waals surface area contributed by atoms with Crippen LogP contribution in [0.3, 0.4) is 0 Å². The van der Waals surface area contributed by atoms with E-state index in [9.17, 15) is 4.57 Å². The first-order chi connectivity index (χ1) is 7.20. The lowest BCUT2D eigenvalue weighted by molar-refractivity contribution is 0.212. The second-order valence-electron chi connectivity index (χ2n) is 3.74. The average molecular weight is 234 g/mol. The molecule has 0 unspecified atom stereocenters. The van der Waals surface area contributed by atoms with Crippen LogP contribution in [-0.4, -0.2) is 32.5 Å². The zero-order valence-corrected chi connectivity index (χ0v) is 10.5. The maximum absolute atomic E-state index is 12.2. The summed E-state index contributed by atoms with van der Waals surface area (Å²) in [6.45, 7) is 6.39. The molecule has 0 aliphatic carbocycles. The first-order valence-corrected chi connectivity index (χ1v) is 7.44. The highest BCUT2D eigenvalue weighted by atomic mass is 31.2. The van der Waals surface area contributed by atoms with E-state index in [1.807, 2.05) is 13.8 Å². The Bertz CT molecular complexity index is 207. The van der Waals surface area contributed by atoms with E-state index in [4.69, 9.17) is 9.05 Å². The average Bonchev–Trinajstić information content (AvgIpc) is 2.19. The maximum Gasteiger partial charge on any atom is 0.330 e. The Morgan fingerprint density at radius 3 is 2.20 bits per heavy atom. The van der Waals surface area contributed by atoms with Crippen LogP contribution in [0.25, 0.3) is 0 Å². The third-order valence-electron chi connectivity index (χ3n) is 2.52. The van der Waals surface area contributed by atoms with Gasteiger partial charge in [0.1, 0.15) is 0 Å². The van der Waals surface area contributed by atoms with E-state index in [2.05, 4.69) is 5.32 Å². The predicted octanol–water partition coefficient (Wildman–Crippen LogP) is 2.27. The van der Waals surface area contributed by atoms with E-state index in [0.717, 1.165) is 25.9 Å². The Hall–Kier alpha value is 0.110. The second kappa shape index (κ2) is 6.64. The van der Waals surface area contributed by atoms with Gasteiger partial charge < -0.3 is 9.05 Å². The molecule has 0 N–H and O–H groups in total. The zero-order chi connectivity index (χ0) is 11.1. The van der Waals surface area contributed by atoms with E-state index >= 15 is 0 Å². The molecule has 0 aromatic heterocycles. The van der Waals surface area contributed by atoms with E-state index in [-0.39, 0.29) is 0 Å². The molecule has 1 heterocycles. The number of hydrogen-bond acceptors (Lipinski definition) is 3. The fraction of sp³-hybridized carbons (Fsp3) is 1.00. The summed E-state index contributed by atoms with van der Waals surface area (Å²) >= 11 is 0. The molecule has 1 aliphatic heterocycles. The highest BCUT2D eigenvalue weighted by Crippen LogP contribution is 2.50. The molecular formula is C10H21NO3P. The Labute approximate surface area is 92.3 Å². The molecule has 0 bridgehead atoms. The summed E-state index contributed by atoms with van der Waals surface area (Å²) in [7, 11) is -2.83. The Balaban J connectivity index is 2.45. The molecule has 15 heavy (non-hydrogen) atoms. The molecular weight excluding hydrogens is 213 g/mol. The third kappa shape index (κ3) is 4.64. The SMILES string of the molecule is CCOP(=O)(CC1CC[N]CC1)OCC. The highest BCUT2D eigenvalue weighted by Gasteiger charge is 2.29. The number of rotatable bonds is 6. The zero-order valence-electron chi connectivity index (χ0n) is 9.65. The smallest absolute Gasteiger partial charge is 0.309 e. The van der Waals surface area contributed by atoms with Crippen LogP contribution >= 0.6 is 7.60 Å². The molecule has 0 atom stereocenters. The quantitative estimate of drug-likeness (QED) is 0.662. The maximum atomic E-state index is 12.2. The Kier molecular flexibility index (Phi) is 5.83. The summed E-state index contributed by atoms with van der Waals surface area (Å²) in [4.78, 5) is 0. The van der Waals surface area contributed by atoms with Gasteiger partial charge in [0, 0.05) is 13.1 Å². The van der Waals surface area contributed by atoms with Gasteiger partial charge in [-0.05, 0) is 32.6 Å². The van der Waals surface area contributed by atoms with Gasteiger partial charge in [0.2, 0.25) is 0 Å². The molecule has 0 saturated carbocycles. The molecule has 0 aromatic carbocycles. The molecule has 1 aliphatic rings. The fourth-order valence-electron chi connectivity index (χ4n) is 1.84. The van der Waals surface area contributed by atoms with Crippen molar-refractivity contribution in [2.75, 3.05) is 32.5 Å². The molecule has 0 amide bonds. The standard InChI is InChI=1S/C10H21NO3P/c1-3-13-15(12,14-4-2)9-10-5-7-11-8-6-10/h10H,3-9H2,1-2H3. The topological polar surface area (TPSA) is 49.6 Å². The van der Waals surface area contributed by atoms with Gasteiger partial charge in [-0.25, -0.2) is 5.32 Å². The number of nitrogens with zero attached hydrogens (tertiary/aromatic N) is 1. The summed E-state index contributed by atoms with van der Waals surface area (Å²) in [5.74, 6) is 0.450. The lowest BCUT2D eigenvalue weighted by atomic mass is 10.0. The molecule has 1 fully saturated rings. The molecule has 89 valence electrons. The van der Waals surface area contributed by atoms with E-state index < -0.39 is 7.60 Å². The van der Waals surface area contributed by atoms with Gasteiger partial charge >= 0.3 is 7.60 Å². The Morgan fingerprint density at radius 2 is 1.73 bits per heavy atom. The van der Waals surface area contributed by atoms with E-state index in [1.54, 1.807) is 0 Å². The Morgan fingerprint density at radius 1 is 1.20 bits per heavy atom. The monoisotopic (exact) mass is 234 g/mol. The number of hydrogen-bond donors (Lipinski definition) is 0. The van der Waals surface area contributed by atoms with Crippen LogP contribution in [0.1, 0.15) is 26.7 Å². The van der Waals surface area contributed by atoms with Crippen LogP contribution in [-0.2, 0) is 13.6 Å². The van der Waals surface area contributed by atoms with Crippen molar-refractivity contribution in [3.63, 3.8) is 0 Å². The van der Waals surface area contributed by atoms with Gasteiger partial charge in [-0.1, -0.05) is 0 Å². The van der Waals surface area contributed by atoms with Crippen molar-refractivity contribution in [1.29, 1.82) is 0 Å². The largest absolute Gasteiger partial charge is 0.330 e. The second-order valence-corrected chi connectivity index (χ2v) is 5.85. The summed E-state index contributed by atoms with van der Waals surface area (Å²) in [5, 5.41) is 4.28. The summed E-state index contributed by atoms with van der Waals surface area (Å²) in [5.41, 5.74) is 0. The van der Waals surface area contributed by atoms with Crippen LogP contribution in [0.15, 0.2) is 0 Å². The molecule has 5 heteroatoms. The molecule has 1 saturated heterocycles. The molecule has 0 aromatic rings. The molecule has 4 nitrogen and oxygen atoms in total. The fourth-order valence-corrected chi connectivity index (χ4v) is 3.91. The van der Waals surface area contributed by atoms with Crippen LogP contribution in [0.5, 0.6) is 0 Å². The molecule has 1 rings (SSSR count). The lowest BCUT2D eigenvalue weighted by Crippen LogP contribution is -2.25. The summed E-state index contributed by atoms with van der Waals surface area (Å²) in [6, 6.07) is 0. The first kappa shape index (κ1) is 13.2. The van der Waals surface area contributed by atoms with Crippen molar-refractivity contribution in [3.05, 3.63) is 0 Å². The van der Waals surface area contributed by atoms with Crippen LogP contribution in [0, 0.1) is 5.92 Å². The van der Waals surface area contributed by atoms with Crippen molar-refractivity contribution < 1.29 is 13.6 Å². The minimum atomic E-state index is -2.83. The van der Waals surface area contributed by atoms with Crippen molar-refractivity contribution in [3.8, 4) is 0 Å². The summed E-state index contributed by atoms with van der Waals surface area (Å²) in [6.07, 6.45) is 2.60. The third-order valence-corrected chi connectivity index (χ3v) is 4.79. The van der Waals surface area contributed by atoms with Crippen LogP contribution in [0.4, 0.5) is 0 Å². The van der Waals surface area contributed by atoms with Crippen molar-refractivity contribution in [2.45, 2.75) is 26.7 Å².